The van der Waals surface area contributed by atoms with E-state index in [1.165, 1.54) is 25.9 Å². The number of nitrogens with zero attached hydrogens (tertiary/aromatic N) is 2. The number of fused-ring (bicyclic) bond motifs is 1. The van der Waals surface area contributed by atoms with Crippen molar-refractivity contribution in [2.75, 3.05) is 32.4 Å². The van der Waals surface area contributed by atoms with Gasteiger partial charge in [0.1, 0.15) is 5.52 Å². The Balaban J connectivity index is 1.81. The number of aromatic nitrogens is 2. The number of anilines is 1. The van der Waals surface area contributed by atoms with E-state index in [-0.39, 0.29) is 28.4 Å². The predicted octanol–water partition coefficient (Wildman–Crippen LogP) is 5.10. The van der Waals surface area contributed by atoms with Crippen LogP contribution in [0.5, 0.6) is 17.2 Å². The number of ether oxygens (including phenoxy) is 3. The van der Waals surface area contributed by atoms with Gasteiger partial charge in [-0.1, -0.05) is 47.6 Å². The first kappa shape index (κ1) is 25.4. The number of thioether (sulfide) groups is 1. The van der Waals surface area contributed by atoms with E-state index in [2.05, 4.69) is 5.32 Å². The fourth-order valence-electron chi connectivity index (χ4n) is 3.73. The molecule has 1 N–H and O–H groups in total. The van der Waals surface area contributed by atoms with Gasteiger partial charge in [0.15, 0.2) is 16.7 Å². The molecule has 1 heterocycles. The molecule has 0 bridgehead atoms. The summed E-state index contributed by atoms with van der Waals surface area (Å²) in [5.41, 5.74) is 1.98. The van der Waals surface area contributed by atoms with Crippen molar-refractivity contribution in [1.29, 1.82) is 0 Å². The minimum absolute atomic E-state index is 0.00629. The van der Waals surface area contributed by atoms with E-state index in [9.17, 15) is 9.59 Å². The van der Waals surface area contributed by atoms with Crippen LogP contribution in [-0.4, -0.2) is 42.5 Å². The van der Waals surface area contributed by atoms with Crippen molar-refractivity contribution >= 4 is 45.9 Å². The van der Waals surface area contributed by atoms with E-state index in [0.717, 1.165) is 17.3 Å². The zero-order valence-corrected chi connectivity index (χ0v) is 21.7. The summed E-state index contributed by atoms with van der Waals surface area (Å²) in [5, 5.41) is 4.04. The van der Waals surface area contributed by atoms with Gasteiger partial charge < -0.3 is 19.5 Å². The number of rotatable bonds is 8. The van der Waals surface area contributed by atoms with E-state index in [1.54, 1.807) is 36.4 Å². The summed E-state index contributed by atoms with van der Waals surface area (Å²) in [6.45, 7) is 1.83. The highest BCUT2D eigenvalue weighted by Gasteiger charge is 2.23. The molecule has 186 valence electrons. The molecule has 0 atom stereocenters. The fourth-order valence-corrected chi connectivity index (χ4v) is 4.71. The number of para-hydroxylation sites is 1. The molecule has 36 heavy (non-hydrogen) atoms. The third-order valence-corrected chi connectivity index (χ3v) is 6.87. The summed E-state index contributed by atoms with van der Waals surface area (Å²) in [5.74, 6) is 0.675. The Kier molecular flexibility index (Phi) is 7.71. The van der Waals surface area contributed by atoms with Gasteiger partial charge >= 0.3 is 0 Å². The van der Waals surface area contributed by atoms with Crippen molar-refractivity contribution in [3.05, 3.63) is 75.5 Å². The molecule has 4 rings (SSSR count). The zero-order chi connectivity index (χ0) is 25.8. The van der Waals surface area contributed by atoms with Crippen molar-refractivity contribution in [3.63, 3.8) is 0 Å². The second-order valence-electron chi connectivity index (χ2n) is 7.66. The lowest BCUT2D eigenvalue weighted by molar-refractivity contribution is -0.113. The summed E-state index contributed by atoms with van der Waals surface area (Å²) >= 11 is 7.30. The Labute approximate surface area is 217 Å². The number of hydrogen-bond donors (Lipinski definition) is 1. The second-order valence-corrected chi connectivity index (χ2v) is 9.01. The summed E-state index contributed by atoms with van der Waals surface area (Å²) < 4.78 is 17.9. The number of carbonyl (C=O) groups excluding carboxylic acids is 1. The molecule has 0 unspecified atom stereocenters. The summed E-state index contributed by atoms with van der Waals surface area (Å²) in [6, 6.07) is 16.0. The number of methoxy groups -OCH3 is 3. The number of amides is 1. The average molecular weight is 526 g/mol. The second kappa shape index (κ2) is 10.9. The van der Waals surface area contributed by atoms with Crippen LogP contribution in [-0.2, 0) is 4.79 Å². The highest BCUT2D eigenvalue weighted by atomic mass is 35.5. The smallest absolute Gasteiger partial charge is 0.266 e. The Hall–Kier alpha value is -3.69. The van der Waals surface area contributed by atoms with Crippen molar-refractivity contribution in [3.8, 4) is 22.9 Å². The van der Waals surface area contributed by atoms with Crippen LogP contribution in [0.2, 0.25) is 5.02 Å². The van der Waals surface area contributed by atoms with Gasteiger partial charge in [0.2, 0.25) is 11.7 Å². The van der Waals surface area contributed by atoms with Crippen LogP contribution in [0.1, 0.15) is 5.56 Å². The van der Waals surface area contributed by atoms with Gasteiger partial charge in [0, 0.05) is 10.7 Å². The van der Waals surface area contributed by atoms with Gasteiger partial charge in [-0.25, -0.2) is 4.98 Å². The third-order valence-electron chi connectivity index (χ3n) is 5.52. The molecule has 1 aromatic heterocycles. The molecule has 0 aliphatic heterocycles. The SMILES string of the molecule is COc1cc2c(=O)n(-c3ccccc3)c(SCC(=O)Nc3cccc(Cl)c3C)nc2c(OC)c1OC. The quantitative estimate of drug-likeness (QED) is 0.252. The minimum atomic E-state index is -0.334. The Morgan fingerprint density at radius 3 is 2.42 bits per heavy atom. The van der Waals surface area contributed by atoms with Gasteiger partial charge in [-0.05, 0) is 42.8 Å². The van der Waals surface area contributed by atoms with Gasteiger partial charge in [-0.15, -0.1) is 0 Å². The standard InChI is InChI=1S/C26H24ClN3O5S/c1-15-18(27)11-8-12-19(15)28-21(31)14-36-26-29-22-17(13-20(33-2)23(34-3)24(22)35-4)25(32)30(26)16-9-6-5-7-10-16/h5-13H,14H2,1-4H3,(H,28,31). The van der Waals surface area contributed by atoms with E-state index < -0.39 is 0 Å². The average Bonchev–Trinajstić information content (AvgIpc) is 2.89. The maximum absolute atomic E-state index is 13.7. The van der Waals surface area contributed by atoms with E-state index >= 15 is 0 Å². The van der Waals surface area contributed by atoms with E-state index in [0.29, 0.717) is 38.6 Å². The van der Waals surface area contributed by atoms with Gasteiger partial charge in [0.05, 0.1) is 38.2 Å². The fraction of sp³-hybridized carbons (Fsp3) is 0.192. The summed E-state index contributed by atoms with van der Waals surface area (Å²) in [6.07, 6.45) is 0. The molecule has 0 saturated heterocycles. The summed E-state index contributed by atoms with van der Waals surface area (Å²) in [7, 11) is 4.43. The molecule has 3 aromatic carbocycles. The molecular formula is C26H24ClN3O5S. The molecule has 0 saturated carbocycles. The van der Waals surface area contributed by atoms with Crippen molar-refractivity contribution in [2.45, 2.75) is 12.1 Å². The van der Waals surface area contributed by atoms with Crippen molar-refractivity contribution in [2.24, 2.45) is 0 Å². The largest absolute Gasteiger partial charge is 0.493 e. The molecule has 1 amide bonds. The Morgan fingerprint density at radius 1 is 1.03 bits per heavy atom. The number of carbonyl (C=O) groups is 1. The summed E-state index contributed by atoms with van der Waals surface area (Å²) in [4.78, 5) is 31.3. The zero-order valence-electron chi connectivity index (χ0n) is 20.1. The van der Waals surface area contributed by atoms with Crippen LogP contribution in [0, 0.1) is 6.92 Å². The van der Waals surface area contributed by atoms with Crippen molar-refractivity contribution in [1.82, 2.24) is 9.55 Å². The predicted molar refractivity (Wildman–Crippen MR) is 143 cm³/mol. The normalized spacial score (nSPS) is 10.8. The van der Waals surface area contributed by atoms with Crippen LogP contribution >= 0.6 is 23.4 Å². The molecule has 0 aliphatic carbocycles. The first-order valence-corrected chi connectivity index (χ1v) is 12.2. The van der Waals surface area contributed by atoms with Gasteiger partial charge in [-0.3, -0.25) is 14.2 Å². The molecule has 0 radical (unpaired) electrons. The van der Waals surface area contributed by atoms with Crippen LogP contribution in [0.15, 0.2) is 64.5 Å². The lowest BCUT2D eigenvalue weighted by Gasteiger charge is -2.17. The molecular weight excluding hydrogens is 502 g/mol. The molecule has 4 aromatic rings. The number of hydrogen-bond acceptors (Lipinski definition) is 7. The van der Waals surface area contributed by atoms with Crippen LogP contribution < -0.4 is 25.1 Å². The third kappa shape index (κ3) is 4.84. The molecule has 0 aliphatic rings. The first-order valence-electron chi connectivity index (χ1n) is 10.9. The maximum atomic E-state index is 13.7. The molecule has 0 fully saturated rings. The van der Waals surface area contributed by atoms with Gasteiger partial charge in [0.25, 0.3) is 5.56 Å². The van der Waals surface area contributed by atoms with Gasteiger partial charge in [-0.2, -0.15) is 0 Å². The molecule has 0 spiro atoms. The lowest BCUT2D eigenvalue weighted by Crippen LogP contribution is -2.23. The Morgan fingerprint density at radius 2 is 1.75 bits per heavy atom. The van der Waals surface area contributed by atoms with E-state index in [4.69, 9.17) is 30.8 Å². The van der Waals surface area contributed by atoms with Crippen LogP contribution in [0.3, 0.4) is 0 Å². The molecule has 8 nitrogen and oxygen atoms in total. The highest BCUT2D eigenvalue weighted by Crippen LogP contribution is 2.42. The monoisotopic (exact) mass is 525 g/mol. The maximum Gasteiger partial charge on any atom is 0.266 e. The topological polar surface area (TPSA) is 91.7 Å². The minimum Gasteiger partial charge on any atom is -0.493 e. The number of nitrogens with one attached hydrogen (secondary N) is 1. The van der Waals surface area contributed by atoms with Crippen molar-refractivity contribution < 1.29 is 19.0 Å². The number of benzene rings is 3. The first-order chi connectivity index (χ1) is 17.4. The van der Waals surface area contributed by atoms with Crippen LogP contribution in [0.25, 0.3) is 16.6 Å². The van der Waals surface area contributed by atoms with Crippen LogP contribution in [0.4, 0.5) is 5.69 Å². The van der Waals surface area contributed by atoms with E-state index in [1.807, 2.05) is 25.1 Å². The highest BCUT2D eigenvalue weighted by molar-refractivity contribution is 7.99. The lowest BCUT2D eigenvalue weighted by atomic mass is 10.2. The number of halogens is 1. The Bertz CT molecular complexity index is 1490. The molecule has 10 heteroatoms.